The van der Waals surface area contributed by atoms with Crippen molar-refractivity contribution in [1.82, 2.24) is 4.67 Å². The predicted octanol–water partition coefficient (Wildman–Crippen LogP) is 6.75. The van der Waals surface area contributed by atoms with Gasteiger partial charge in [0.25, 0.3) is 8.53 Å². The summed E-state index contributed by atoms with van der Waals surface area (Å²) in [6.45, 7) is 1.60. The number of benzene rings is 4. The van der Waals surface area contributed by atoms with E-state index in [-0.39, 0.29) is 30.6 Å². The molecule has 7 rings (SSSR count). The van der Waals surface area contributed by atoms with Crippen molar-refractivity contribution in [2.45, 2.75) is 54.1 Å². The largest absolute Gasteiger partial charge is 0.497 e. The van der Waals surface area contributed by atoms with Gasteiger partial charge in [0.05, 0.1) is 43.7 Å². The molecule has 3 aliphatic heterocycles. The van der Waals surface area contributed by atoms with Crippen LogP contribution in [-0.4, -0.2) is 77.2 Å². The van der Waals surface area contributed by atoms with Crippen LogP contribution in [0.1, 0.15) is 36.0 Å². The van der Waals surface area contributed by atoms with Crippen LogP contribution in [0.4, 0.5) is 0 Å². The second kappa shape index (κ2) is 14.9. The molecule has 0 bridgehead atoms. The highest BCUT2D eigenvalue weighted by atomic mass is 32.2. The summed E-state index contributed by atoms with van der Waals surface area (Å²) >= 11 is 0. The molecule has 4 aromatic rings. The number of nitrogens with zero attached hydrogens (tertiary/aromatic N) is 1. The van der Waals surface area contributed by atoms with Crippen molar-refractivity contribution in [2.24, 2.45) is 0 Å². The fourth-order valence-corrected chi connectivity index (χ4v) is 10.6. The molecule has 0 saturated carbocycles. The second-order valence-electron chi connectivity index (χ2n) is 12.5. The Morgan fingerprint density at radius 1 is 0.776 bits per heavy atom. The first kappa shape index (κ1) is 34.1. The number of hydrogen-bond acceptors (Lipinski definition) is 9. The van der Waals surface area contributed by atoms with Gasteiger partial charge in [-0.05, 0) is 72.4 Å². The predicted molar refractivity (Wildman–Crippen MR) is 188 cm³/mol. The van der Waals surface area contributed by atoms with Crippen molar-refractivity contribution < 1.29 is 36.4 Å². The van der Waals surface area contributed by atoms with Gasteiger partial charge >= 0.3 is 0 Å². The zero-order chi connectivity index (χ0) is 33.8. The fraction of sp³-hybridized carbons (Fsp3) is 0.368. The minimum atomic E-state index is -3.51. The van der Waals surface area contributed by atoms with Crippen LogP contribution in [0.3, 0.4) is 0 Å². The van der Waals surface area contributed by atoms with E-state index in [0.29, 0.717) is 17.9 Å². The molecule has 0 unspecified atom stereocenters. The van der Waals surface area contributed by atoms with Crippen molar-refractivity contribution in [2.75, 3.05) is 39.7 Å². The van der Waals surface area contributed by atoms with Gasteiger partial charge in [0.1, 0.15) is 23.2 Å². The van der Waals surface area contributed by atoms with Crippen LogP contribution >= 0.6 is 8.53 Å². The molecule has 3 heterocycles. The molecule has 0 radical (unpaired) electrons. The molecule has 0 N–H and O–H groups in total. The molecular formula is C38H42NO8PS. The number of fused-ring (bicyclic) bond motifs is 1. The van der Waals surface area contributed by atoms with Gasteiger partial charge in [-0.25, -0.2) is 13.1 Å². The lowest BCUT2D eigenvalue weighted by atomic mass is 9.79. The molecule has 258 valence electrons. The zero-order valence-electron chi connectivity index (χ0n) is 27.7. The number of rotatable bonds is 13. The lowest BCUT2D eigenvalue weighted by Crippen LogP contribution is -2.41. The molecule has 49 heavy (non-hydrogen) atoms. The number of sulfone groups is 1. The Balaban J connectivity index is 1.14. The van der Waals surface area contributed by atoms with E-state index in [0.717, 1.165) is 47.6 Å². The van der Waals surface area contributed by atoms with Crippen molar-refractivity contribution in [3.8, 4) is 11.5 Å². The highest BCUT2D eigenvalue weighted by molar-refractivity contribution is 7.91. The van der Waals surface area contributed by atoms with Crippen LogP contribution in [0.2, 0.25) is 0 Å². The van der Waals surface area contributed by atoms with Gasteiger partial charge in [0.15, 0.2) is 9.84 Å². The van der Waals surface area contributed by atoms with Crippen LogP contribution in [0.25, 0.3) is 0 Å². The summed E-state index contributed by atoms with van der Waals surface area (Å²) in [5, 5.41) is 0. The Bertz CT molecular complexity index is 1730. The number of hydrogen-bond donors (Lipinski definition) is 0. The lowest BCUT2D eigenvalue weighted by Gasteiger charge is -2.39. The molecule has 3 saturated heterocycles. The van der Waals surface area contributed by atoms with E-state index >= 15 is 0 Å². The van der Waals surface area contributed by atoms with Crippen LogP contribution in [0.5, 0.6) is 11.5 Å². The van der Waals surface area contributed by atoms with Crippen molar-refractivity contribution in [1.29, 1.82) is 0 Å². The summed E-state index contributed by atoms with van der Waals surface area (Å²) < 4.78 is 66.3. The van der Waals surface area contributed by atoms with E-state index < -0.39 is 30.1 Å². The highest BCUT2D eigenvalue weighted by Gasteiger charge is 2.49. The van der Waals surface area contributed by atoms with Gasteiger partial charge in [0.2, 0.25) is 0 Å². The highest BCUT2D eigenvalue weighted by Crippen LogP contribution is 2.56. The molecule has 5 atom stereocenters. The fourth-order valence-electron chi connectivity index (χ4n) is 7.10. The number of ether oxygens (including phenoxy) is 4. The molecule has 0 spiro atoms. The third kappa shape index (κ3) is 7.01. The second-order valence-corrected chi connectivity index (χ2v) is 16.0. The normalized spacial score (nSPS) is 24.2. The summed E-state index contributed by atoms with van der Waals surface area (Å²) in [5.74, 6) is 1.43. The monoisotopic (exact) mass is 703 g/mol. The summed E-state index contributed by atoms with van der Waals surface area (Å²) in [4.78, 5) is 0.315. The maximum Gasteiger partial charge on any atom is 0.259 e. The van der Waals surface area contributed by atoms with Crippen LogP contribution in [0, 0.1) is 0 Å². The number of methoxy groups -OCH3 is 2. The van der Waals surface area contributed by atoms with Crippen molar-refractivity contribution in [3.63, 3.8) is 0 Å². The quantitative estimate of drug-likeness (QED) is 0.111. The third-order valence-electron chi connectivity index (χ3n) is 9.62. The lowest BCUT2D eigenvalue weighted by molar-refractivity contribution is -0.0877. The summed E-state index contributed by atoms with van der Waals surface area (Å²) in [6, 6.07) is 34.8. The van der Waals surface area contributed by atoms with E-state index in [2.05, 4.69) is 16.8 Å². The van der Waals surface area contributed by atoms with Gasteiger partial charge in [-0.15, -0.1) is 0 Å². The van der Waals surface area contributed by atoms with Crippen molar-refractivity contribution in [3.05, 3.63) is 126 Å². The summed E-state index contributed by atoms with van der Waals surface area (Å²) in [6.07, 6.45) is 1.41. The Morgan fingerprint density at radius 2 is 1.37 bits per heavy atom. The third-order valence-corrected chi connectivity index (χ3v) is 13.1. The molecule has 0 amide bonds. The van der Waals surface area contributed by atoms with E-state index in [9.17, 15) is 8.42 Å². The standard InChI is InChI=1S/C38H42NO8PS/c1-42-31-19-15-29(16-20-31)38(28-10-5-3-6-11-28,30-17-21-32(43-2)22-18-30)46-35-23-25-44-36(35)26-45-48-39-24-9-14-34(39)37(47-48)27-49(40,41)33-12-7-4-8-13-33/h3-8,10-13,15-22,34-37H,9,14,23-27H2,1-2H3/t34-,35-,36+,37+,48-/m0/s1. The minimum absolute atomic E-state index is 0.0111. The van der Waals surface area contributed by atoms with Gasteiger partial charge in [-0.3, -0.25) is 0 Å². The Kier molecular flexibility index (Phi) is 10.4. The summed E-state index contributed by atoms with van der Waals surface area (Å²) in [5.41, 5.74) is 1.88. The Labute approximate surface area is 289 Å². The maximum atomic E-state index is 13.3. The molecule has 11 heteroatoms. The Hall–Kier alpha value is -3.34. The molecule has 9 nitrogen and oxygen atoms in total. The smallest absolute Gasteiger partial charge is 0.259 e. The molecule has 4 aromatic carbocycles. The average Bonchev–Trinajstić information content (AvgIpc) is 3.89. The van der Waals surface area contributed by atoms with Gasteiger partial charge < -0.3 is 28.0 Å². The van der Waals surface area contributed by atoms with E-state index in [1.54, 1.807) is 38.5 Å². The first-order valence-corrected chi connectivity index (χ1v) is 19.5. The van der Waals surface area contributed by atoms with E-state index in [1.807, 2.05) is 72.8 Å². The first-order valence-electron chi connectivity index (χ1n) is 16.7. The van der Waals surface area contributed by atoms with E-state index in [1.165, 1.54) is 0 Å². The maximum absolute atomic E-state index is 13.3. The topological polar surface area (TPSA) is 92.8 Å². The molecule has 0 aliphatic carbocycles. The van der Waals surface area contributed by atoms with Gasteiger partial charge in [0, 0.05) is 19.2 Å². The van der Waals surface area contributed by atoms with Crippen LogP contribution < -0.4 is 9.47 Å². The molecule has 3 aliphatic rings. The molecule has 0 aromatic heterocycles. The van der Waals surface area contributed by atoms with Gasteiger partial charge in [-0.1, -0.05) is 72.8 Å². The zero-order valence-corrected chi connectivity index (χ0v) is 29.4. The molecule has 3 fully saturated rings. The van der Waals surface area contributed by atoms with Crippen LogP contribution in [-0.2, 0) is 34.0 Å². The minimum Gasteiger partial charge on any atom is -0.497 e. The SMILES string of the molecule is COc1ccc(C(O[C@H]2CCO[C@@H]2CO[P@@]2O[C@H](CS(=O)(=O)c3ccccc3)[C@@H]3CCCN32)(c2ccccc2)c2ccc(OC)cc2)cc1. The van der Waals surface area contributed by atoms with Crippen molar-refractivity contribution >= 4 is 18.4 Å². The molecular weight excluding hydrogens is 661 g/mol. The van der Waals surface area contributed by atoms with E-state index in [4.69, 9.17) is 28.0 Å². The Morgan fingerprint density at radius 3 is 1.98 bits per heavy atom. The van der Waals surface area contributed by atoms with Crippen LogP contribution in [0.15, 0.2) is 114 Å². The first-order chi connectivity index (χ1) is 23.9. The van der Waals surface area contributed by atoms with Gasteiger partial charge in [-0.2, -0.15) is 0 Å². The average molecular weight is 704 g/mol. The summed E-state index contributed by atoms with van der Waals surface area (Å²) in [7, 11) is -1.65.